The second kappa shape index (κ2) is 11.0. The lowest BCUT2D eigenvalue weighted by Gasteiger charge is -2.31. The standard InChI is InChI=1S/C25H26FNO.C2H2O4/c1-27(2)17-7-16-25(20-12-14-21(26)15-13-20)24-11-6-10-22(23(24)18-28-25)19-8-4-3-5-9-19;3-1(4)2(5)6/h3-6,8-15H,7,16-18H2,1-2H3;(H,3,4)(H,5,6). The minimum atomic E-state index is -1.82. The minimum Gasteiger partial charge on any atom is -0.473 e. The number of rotatable bonds is 6. The number of benzene rings is 3. The topological polar surface area (TPSA) is 87.1 Å². The molecule has 3 aromatic carbocycles. The molecule has 7 heteroatoms. The van der Waals surface area contributed by atoms with Crippen molar-refractivity contribution in [1.29, 1.82) is 0 Å². The Morgan fingerprint density at radius 3 is 2.18 bits per heavy atom. The number of ether oxygens (including phenoxy) is 1. The summed E-state index contributed by atoms with van der Waals surface area (Å²) in [5, 5.41) is 14.8. The van der Waals surface area contributed by atoms with E-state index >= 15 is 0 Å². The Morgan fingerprint density at radius 2 is 1.59 bits per heavy atom. The summed E-state index contributed by atoms with van der Waals surface area (Å²) in [5.74, 6) is -3.87. The van der Waals surface area contributed by atoms with Gasteiger partial charge in [0.05, 0.1) is 6.61 Å². The van der Waals surface area contributed by atoms with Crippen molar-refractivity contribution in [2.75, 3.05) is 20.6 Å². The molecule has 34 heavy (non-hydrogen) atoms. The Labute approximate surface area is 198 Å². The van der Waals surface area contributed by atoms with Gasteiger partial charge in [0, 0.05) is 0 Å². The van der Waals surface area contributed by atoms with Crippen molar-refractivity contribution < 1.29 is 28.9 Å². The van der Waals surface area contributed by atoms with Crippen LogP contribution in [0.2, 0.25) is 0 Å². The monoisotopic (exact) mass is 465 g/mol. The number of fused-ring (bicyclic) bond motifs is 1. The predicted molar refractivity (Wildman–Crippen MR) is 127 cm³/mol. The lowest BCUT2D eigenvalue weighted by Crippen LogP contribution is -2.28. The van der Waals surface area contributed by atoms with Crippen LogP contribution in [0.15, 0.2) is 72.8 Å². The quantitative estimate of drug-likeness (QED) is 0.511. The third-order valence-corrected chi connectivity index (χ3v) is 5.79. The van der Waals surface area contributed by atoms with Crippen LogP contribution in [-0.2, 0) is 26.5 Å². The number of aliphatic carboxylic acids is 2. The zero-order valence-corrected chi connectivity index (χ0v) is 19.2. The van der Waals surface area contributed by atoms with E-state index in [1.54, 1.807) is 0 Å². The van der Waals surface area contributed by atoms with Crippen LogP contribution < -0.4 is 0 Å². The maximum Gasteiger partial charge on any atom is 0.414 e. The lowest BCUT2D eigenvalue weighted by atomic mass is 9.80. The molecule has 1 unspecified atom stereocenters. The molecular formula is C27H28FNO5. The van der Waals surface area contributed by atoms with E-state index in [0.29, 0.717) is 6.61 Å². The van der Waals surface area contributed by atoms with Crippen LogP contribution in [-0.4, -0.2) is 47.7 Å². The zero-order chi connectivity index (χ0) is 24.7. The second-order valence-electron chi connectivity index (χ2n) is 8.34. The predicted octanol–water partition coefficient (Wildman–Crippen LogP) is 4.76. The minimum absolute atomic E-state index is 0.219. The highest BCUT2D eigenvalue weighted by atomic mass is 19.1. The van der Waals surface area contributed by atoms with Gasteiger partial charge in [-0.1, -0.05) is 60.7 Å². The van der Waals surface area contributed by atoms with Crippen LogP contribution in [0, 0.1) is 5.82 Å². The van der Waals surface area contributed by atoms with Gasteiger partial charge in [-0.15, -0.1) is 0 Å². The van der Waals surface area contributed by atoms with Crippen molar-refractivity contribution in [3.63, 3.8) is 0 Å². The molecule has 0 aliphatic carbocycles. The van der Waals surface area contributed by atoms with Gasteiger partial charge in [-0.3, -0.25) is 0 Å². The molecule has 0 saturated carbocycles. The van der Waals surface area contributed by atoms with Gasteiger partial charge in [-0.05, 0) is 73.4 Å². The fourth-order valence-electron chi connectivity index (χ4n) is 4.24. The first-order valence-corrected chi connectivity index (χ1v) is 10.9. The van der Waals surface area contributed by atoms with E-state index in [4.69, 9.17) is 24.5 Å². The number of carbonyl (C=O) groups is 2. The fraction of sp³-hybridized carbons (Fsp3) is 0.259. The first-order chi connectivity index (χ1) is 16.2. The number of carboxylic acids is 2. The highest BCUT2D eigenvalue weighted by Crippen LogP contribution is 2.47. The molecule has 3 aromatic rings. The smallest absolute Gasteiger partial charge is 0.414 e. The zero-order valence-electron chi connectivity index (χ0n) is 19.2. The van der Waals surface area contributed by atoms with Crippen LogP contribution >= 0.6 is 0 Å². The molecule has 0 fully saturated rings. The molecule has 2 N–H and O–H groups in total. The van der Waals surface area contributed by atoms with Gasteiger partial charge in [0.15, 0.2) is 0 Å². The van der Waals surface area contributed by atoms with Crippen molar-refractivity contribution in [2.45, 2.75) is 25.0 Å². The summed E-state index contributed by atoms with van der Waals surface area (Å²) in [6.07, 6.45) is 1.86. The normalized spacial score (nSPS) is 16.5. The summed E-state index contributed by atoms with van der Waals surface area (Å²) in [6, 6.07) is 23.7. The molecule has 0 spiro atoms. The summed E-state index contributed by atoms with van der Waals surface area (Å²) in [7, 11) is 4.17. The molecule has 0 saturated heterocycles. The Balaban J connectivity index is 0.000000481. The maximum absolute atomic E-state index is 13.6. The molecular weight excluding hydrogens is 437 g/mol. The van der Waals surface area contributed by atoms with Crippen molar-refractivity contribution in [3.8, 4) is 11.1 Å². The number of nitrogens with zero attached hydrogens (tertiary/aromatic N) is 1. The number of hydrogen-bond donors (Lipinski definition) is 2. The van der Waals surface area contributed by atoms with Gasteiger partial charge in [0.25, 0.3) is 0 Å². The number of halogens is 1. The Hall–Kier alpha value is -3.55. The largest absolute Gasteiger partial charge is 0.473 e. The molecule has 1 heterocycles. The third-order valence-electron chi connectivity index (χ3n) is 5.79. The average molecular weight is 466 g/mol. The van der Waals surface area contributed by atoms with Crippen LogP contribution in [0.4, 0.5) is 4.39 Å². The van der Waals surface area contributed by atoms with Gasteiger partial charge in [-0.25, -0.2) is 14.0 Å². The summed E-state index contributed by atoms with van der Waals surface area (Å²) >= 11 is 0. The highest BCUT2D eigenvalue weighted by molar-refractivity contribution is 6.27. The fourth-order valence-corrected chi connectivity index (χ4v) is 4.24. The van der Waals surface area contributed by atoms with E-state index in [0.717, 1.165) is 24.9 Å². The molecule has 0 aromatic heterocycles. The maximum atomic E-state index is 13.6. The number of hydrogen-bond acceptors (Lipinski definition) is 4. The SMILES string of the molecule is CN(C)CCCC1(c2ccc(F)cc2)OCc2c(-c3ccccc3)cccc21.O=C(O)C(=O)O. The first-order valence-electron chi connectivity index (χ1n) is 10.9. The Morgan fingerprint density at radius 1 is 0.941 bits per heavy atom. The van der Waals surface area contributed by atoms with Crippen molar-refractivity contribution in [3.05, 3.63) is 95.3 Å². The van der Waals surface area contributed by atoms with Crippen LogP contribution in [0.3, 0.4) is 0 Å². The molecule has 1 aliphatic rings. The van der Waals surface area contributed by atoms with Gasteiger partial charge < -0.3 is 19.8 Å². The van der Waals surface area contributed by atoms with Crippen LogP contribution in [0.25, 0.3) is 11.1 Å². The number of carboxylic acid groups (broad SMARTS) is 2. The molecule has 0 radical (unpaired) electrons. The van der Waals surface area contributed by atoms with Crippen molar-refractivity contribution >= 4 is 11.9 Å². The van der Waals surface area contributed by atoms with Gasteiger partial charge in [0.1, 0.15) is 11.4 Å². The van der Waals surface area contributed by atoms with E-state index in [2.05, 4.69) is 61.5 Å². The van der Waals surface area contributed by atoms with E-state index in [1.165, 1.54) is 34.4 Å². The average Bonchev–Trinajstić information content (AvgIpc) is 3.20. The molecule has 0 amide bonds. The molecule has 1 atom stereocenters. The second-order valence-corrected chi connectivity index (χ2v) is 8.34. The summed E-state index contributed by atoms with van der Waals surface area (Å²) < 4.78 is 20.1. The van der Waals surface area contributed by atoms with Crippen molar-refractivity contribution in [1.82, 2.24) is 4.90 Å². The molecule has 178 valence electrons. The van der Waals surface area contributed by atoms with E-state index in [-0.39, 0.29) is 5.82 Å². The summed E-state index contributed by atoms with van der Waals surface area (Å²) in [5.41, 5.74) is 5.36. The Kier molecular flexibility index (Phi) is 8.15. The Bertz CT molecular complexity index is 1120. The molecule has 0 bridgehead atoms. The van der Waals surface area contributed by atoms with E-state index in [1.807, 2.05) is 18.2 Å². The van der Waals surface area contributed by atoms with Crippen LogP contribution in [0.1, 0.15) is 29.5 Å². The summed E-state index contributed by atoms with van der Waals surface area (Å²) in [6.45, 7) is 1.56. The highest BCUT2D eigenvalue weighted by Gasteiger charge is 2.42. The van der Waals surface area contributed by atoms with Gasteiger partial charge in [-0.2, -0.15) is 0 Å². The first kappa shape index (κ1) is 25.1. The molecule has 4 rings (SSSR count). The van der Waals surface area contributed by atoms with Crippen molar-refractivity contribution in [2.24, 2.45) is 0 Å². The third kappa shape index (κ3) is 5.68. The van der Waals surface area contributed by atoms with E-state index < -0.39 is 17.5 Å². The molecule has 1 aliphatic heterocycles. The van der Waals surface area contributed by atoms with Gasteiger partial charge in [0.2, 0.25) is 0 Å². The van der Waals surface area contributed by atoms with E-state index in [9.17, 15) is 4.39 Å². The summed E-state index contributed by atoms with van der Waals surface area (Å²) in [4.78, 5) is 20.4. The van der Waals surface area contributed by atoms with Crippen LogP contribution in [0.5, 0.6) is 0 Å². The lowest BCUT2D eigenvalue weighted by molar-refractivity contribution is -0.159. The molecule has 6 nitrogen and oxygen atoms in total. The van der Waals surface area contributed by atoms with Gasteiger partial charge >= 0.3 is 11.9 Å².